The topological polar surface area (TPSA) is 67.7 Å². The van der Waals surface area contributed by atoms with Crippen LogP contribution in [0.15, 0.2) is 12.4 Å². The number of rotatable bonds is 5. The SMILES string of the molecule is CC(=O)OC(CC(=O)N1CCC(N(C)C)CC1)c1nccn1C. The number of carbonyl (C=O) groups excluding carboxylic acids is 2. The lowest BCUT2D eigenvalue weighted by Crippen LogP contribution is -2.44. The Morgan fingerprint density at radius 3 is 2.52 bits per heavy atom. The van der Waals surface area contributed by atoms with Gasteiger partial charge in [0.05, 0.1) is 6.42 Å². The van der Waals surface area contributed by atoms with Crippen molar-refractivity contribution in [2.24, 2.45) is 7.05 Å². The van der Waals surface area contributed by atoms with Crippen molar-refractivity contribution in [1.82, 2.24) is 19.4 Å². The molecule has 0 spiro atoms. The molecule has 1 aliphatic rings. The largest absolute Gasteiger partial charge is 0.454 e. The van der Waals surface area contributed by atoms with Crippen LogP contribution < -0.4 is 0 Å². The lowest BCUT2D eigenvalue weighted by atomic mass is 10.0. The van der Waals surface area contributed by atoms with E-state index >= 15 is 0 Å². The molecule has 0 N–H and O–H groups in total. The quantitative estimate of drug-likeness (QED) is 0.756. The van der Waals surface area contributed by atoms with Crippen LogP contribution in [0.1, 0.15) is 38.1 Å². The third-order valence-electron chi connectivity index (χ3n) is 4.36. The number of amides is 1. The monoisotopic (exact) mass is 322 g/mol. The summed E-state index contributed by atoms with van der Waals surface area (Å²) >= 11 is 0. The van der Waals surface area contributed by atoms with Crippen LogP contribution in [0, 0.1) is 0 Å². The number of nitrogens with zero attached hydrogens (tertiary/aromatic N) is 4. The molecule has 1 unspecified atom stereocenters. The minimum absolute atomic E-state index is 0.0106. The van der Waals surface area contributed by atoms with Gasteiger partial charge in [-0.25, -0.2) is 4.98 Å². The number of carbonyl (C=O) groups is 2. The summed E-state index contributed by atoms with van der Waals surface area (Å²) in [5.41, 5.74) is 0. The summed E-state index contributed by atoms with van der Waals surface area (Å²) in [6.07, 6.45) is 4.86. The number of piperidine rings is 1. The van der Waals surface area contributed by atoms with E-state index in [0.717, 1.165) is 25.9 Å². The van der Waals surface area contributed by atoms with Gasteiger partial charge in [0.25, 0.3) is 0 Å². The molecular formula is C16H26N4O3. The molecule has 1 atom stereocenters. The summed E-state index contributed by atoms with van der Waals surface area (Å²) < 4.78 is 7.10. The third-order valence-corrected chi connectivity index (χ3v) is 4.36. The Bertz CT molecular complexity index is 547. The van der Waals surface area contributed by atoms with Crippen molar-refractivity contribution in [2.75, 3.05) is 27.2 Å². The van der Waals surface area contributed by atoms with Crippen LogP contribution in [-0.2, 0) is 21.4 Å². The fraction of sp³-hybridized carbons (Fsp3) is 0.688. The number of likely N-dealkylation sites (tertiary alicyclic amines) is 1. The summed E-state index contributed by atoms with van der Waals surface area (Å²) in [7, 11) is 5.96. The van der Waals surface area contributed by atoms with Gasteiger partial charge in [0, 0.05) is 45.5 Å². The molecule has 23 heavy (non-hydrogen) atoms. The van der Waals surface area contributed by atoms with Crippen molar-refractivity contribution in [3.63, 3.8) is 0 Å². The van der Waals surface area contributed by atoms with Gasteiger partial charge < -0.3 is 19.1 Å². The van der Waals surface area contributed by atoms with E-state index in [9.17, 15) is 9.59 Å². The second kappa shape index (κ2) is 7.59. The smallest absolute Gasteiger partial charge is 0.303 e. The number of aryl methyl sites for hydroxylation is 1. The van der Waals surface area contributed by atoms with Crippen molar-refractivity contribution in [3.8, 4) is 0 Å². The van der Waals surface area contributed by atoms with Gasteiger partial charge in [-0.05, 0) is 26.9 Å². The molecule has 0 aromatic carbocycles. The Morgan fingerprint density at radius 2 is 2.04 bits per heavy atom. The van der Waals surface area contributed by atoms with Gasteiger partial charge in [-0.15, -0.1) is 0 Å². The van der Waals surface area contributed by atoms with Crippen LogP contribution in [0.5, 0.6) is 0 Å². The fourth-order valence-electron chi connectivity index (χ4n) is 2.99. The first kappa shape index (κ1) is 17.5. The normalized spacial score (nSPS) is 17.3. The van der Waals surface area contributed by atoms with E-state index in [1.807, 2.05) is 11.9 Å². The molecule has 1 fully saturated rings. The van der Waals surface area contributed by atoms with Crippen molar-refractivity contribution < 1.29 is 14.3 Å². The summed E-state index contributed by atoms with van der Waals surface area (Å²) in [5, 5.41) is 0. The second-order valence-electron chi connectivity index (χ2n) is 6.27. The molecule has 1 saturated heterocycles. The number of imidazole rings is 1. The summed E-state index contributed by atoms with van der Waals surface area (Å²) in [4.78, 5) is 32.2. The molecule has 2 heterocycles. The van der Waals surface area contributed by atoms with E-state index in [1.165, 1.54) is 6.92 Å². The number of aromatic nitrogens is 2. The highest BCUT2D eigenvalue weighted by atomic mass is 16.5. The van der Waals surface area contributed by atoms with E-state index < -0.39 is 12.1 Å². The van der Waals surface area contributed by atoms with E-state index in [4.69, 9.17) is 4.74 Å². The minimum Gasteiger partial charge on any atom is -0.454 e. The Kier molecular flexibility index (Phi) is 5.76. The first-order chi connectivity index (χ1) is 10.9. The predicted octanol–water partition coefficient (Wildman–Crippen LogP) is 0.967. The van der Waals surface area contributed by atoms with Crippen LogP contribution in [0.3, 0.4) is 0 Å². The van der Waals surface area contributed by atoms with Gasteiger partial charge in [-0.3, -0.25) is 9.59 Å². The fourth-order valence-corrected chi connectivity index (χ4v) is 2.99. The Morgan fingerprint density at radius 1 is 1.39 bits per heavy atom. The lowest BCUT2D eigenvalue weighted by molar-refractivity contribution is -0.150. The maximum absolute atomic E-state index is 12.6. The maximum atomic E-state index is 12.6. The van der Waals surface area contributed by atoms with Crippen LogP contribution in [0.2, 0.25) is 0 Å². The molecule has 0 bridgehead atoms. The highest BCUT2D eigenvalue weighted by molar-refractivity contribution is 5.77. The van der Waals surface area contributed by atoms with Crippen LogP contribution >= 0.6 is 0 Å². The predicted molar refractivity (Wildman–Crippen MR) is 85.6 cm³/mol. The average molecular weight is 322 g/mol. The molecule has 2 rings (SSSR count). The van der Waals surface area contributed by atoms with Gasteiger partial charge in [0.2, 0.25) is 5.91 Å². The van der Waals surface area contributed by atoms with Crippen molar-refractivity contribution >= 4 is 11.9 Å². The van der Waals surface area contributed by atoms with Gasteiger partial charge in [0.15, 0.2) is 6.10 Å². The molecule has 1 aromatic heterocycles. The van der Waals surface area contributed by atoms with Crippen molar-refractivity contribution in [3.05, 3.63) is 18.2 Å². The Labute approximate surface area is 137 Å². The first-order valence-corrected chi connectivity index (χ1v) is 7.97. The van der Waals surface area contributed by atoms with Gasteiger partial charge in [0.1, 0.15) is 5.82 Å². The second-order valence-corrected chi connectivity index (χ2v) is 6.27. The molecule has 0 aliphatic carbocycles. The lowest BCUT2D eigenvalue weighted by Gasteiger charge is -2.35. The Balaban J connectivity index is 1.98. The highest BCUT2D eigenvalue weighted by Crippen LogP contribution is 2.22. The molecule has 128 valence electrons. The van der Waals surface area contributed by atoms with Crippen LogP contribution in [-0.4, -0.2) is 64.5 Å². The molecule has 1 aromatic rings. The van der Waals surface area contributed by atoms with Crippen LogP contribution in [0.25, 0.3) is 0 Å². The number of hydrogen-bond donors (Lipinski definition) is 0. The van der Waals surface area contributed by atoms with E-state index in [2.05, 4.69) is 24.0 Å². The maximum Gasteiger partial charge on any atom is 0.303 e. The molecule has 1 amide bonds. The summed E-state index contributed by atoms with van der Waals surface area (Å²) in [6.45, 7) is 2.84. The van der Waals surface area contributed by atoms with E-state index in [1.54, 1.807) is 17.0 Å². The molecule has 7 nitrogen and oxygen atoms in total. The van der Waals surface area contributed by atoms with E-state index in [0.29, 0.717) is 11.9 Å². The highest BCUT2D eigenvalue weighted by Gasteiger charge is 2.28. The summed E-state index contributed by atoms with van der Waals surface area (Å²) in [5.74, 6) is 0.199. The molecule has 0 radical (unpaired) electrons. The zero-order valence-electron chi connectivity index (χ0n) is 14.4. The summed E-state index contributed by atoms with van der Waals surface area (Å²) in [6, 6.07) is 0.526. The zero-order valence-corrected chi connectivity index (χ0v) is 14.4. The Hall–Kier alpha value is -1.89. The van der Waals surface area contributed by atoms with Gasteiger partial charge in [-0.2, -0.15) is 0 Å². The number of hydrogen-bond acceptors (Lipinski definition) is 5. The molecule has 7 heteroatoms. The zero-order chi connectivity index (χ0) is 17.0. The minimum atomic E-state index is -0.633. The van der Waals surface area contributed by atoms with E-state index in [-0.39, 0.29) is 12.3 Å². The first-order valence-electron chi connectivity index (χ1n) is 7.97. The molecule has 0 saturated carbocycles. The van der Waals surface area contributed by atoms with Gasteiger partial charge in [-0.1, -0.05) is 0 Å². The molecule has 1 aliphatic heterocycles. The standard InChI is InChI=1S/C16H26N4O3/c1-12(21)23-14(16-17-7-10-19(16)4)11-15(22)20-8-5-13(6-9-20)18(2)3/h7,10,13-14H,5-6,8-9,11H2,1-4H3. The van der Waals surface area contributed by atoms with Crippen molar-refractivity contribution in [1.29, 1.82) is 0 Å². The van der Waals surface area contributed by atoms with Gasteiger partial charge >= 0.3 is 5.97 Å². The average Bonchev–Trinajstić information content (AvgIpc) is 2.92. The van der Waals surface area contributed by atoms with Crippen molar-refractivity contribution in [2.45, 2.75) is 38.3 Å². The van der Waals surface area contributed by atoms with Crippen LogP contribution in [0.4, 0.5) is 0 Å². The number of esters is 1. The molecular weight excluding hydrogens is 296 g/mol. The number of ether oxygens (including phenoxy) is 1. The third kappa shape index (κ3) is 4.54.